The van der Waals surface area contributed by atoms with Crippen molar-refractivity contribution in [1.29, 1.82) is 0 Å². The van der Waals surface area contributed by atoms with Crippen molar-refractivity contribution in [1.82, 2.24) is 0 Å². The van der Waals surface area contributed by atoms with Crippen LogP contribution in [0.15, 0.2) is 24.3 Å². The van der Waals surface area contributed by atoms with Crippen LogP contribution >= 0.6 is 15.9 Å². The van der Waals surface area contributed by atoms with Gasteiger partial charge in [-0.2, -0.15) is 0 Å². The van der Waals surface area contributed by atoms with Crippen molar-refractivity contribution in [2.45, 2.75) is 39.0 Å². The zero-order valence-electron chi connectivity index (χ0n) is 11.4. The molecule has 0 aliphatic carbocycles. The van der Waals surface area contributed by atoms with Crippen LogP contribution in [0.1, 0.15) is 43.7 Å². The first-order valence-corrected chi connectivity index (χ1v) is 8.00. The predicted octanol–water partition coefficient (Wildman–Crippen LogP) is 4.54. The van der Waals surface area contributed by atoms with Gasteiger partial charge in [0.25, 0.3) is 0 Å². The van der Waals surface area contributed by atoms with E-state index in [-0.39, 0.29) is 0 Å². The van der Waals surface area contributed by atoms with E-state index in [1.807, 2.05) is 0 Å². The van der Waals surface area contributed by atoms with Crippen molar-refractivity contribution in [3.05, 3.63) is 35.4 Å². The third-order valence-corrected chi connectivity index (χ3v) is 5.10. The molecule has 1 fully saturated rings. The molecule has 0 radical (unpaired) electrons. The quantitative estimate of drug-likeness (QED) is 0.742. The molecular formula is C16H23BrO. The third-order valence-electron chi connectivity index (χ3n) is 3.91. The van der Waals surface area contributed by atoms with Gasteiger partial charge in [0.15, 0.2) is 0 Å². The van der Waals surface area contributed by atoms with Gasteiger partial charge in [-0.1, -0.05) is 54.0 Å². The topological polar surface area (TPSA) is 9.23 Å². The van der Waals surface area contributed by atoms with Crippen LogP contribution < -0.4 is 0 Å². The number of ether oxygens (including phenoxy) is 1. The average Bonchev–Trinajstić information content (AvgIpc) is 2.40. The molecule has 0 bridgehead atoms. The smallest absolute Gasteiger partial charge is 0.0533 e. The Bertz CT molecular complexity index is 363. The Morgan fingerprint density at radius 2 is 2.00 bits per heavy atom. The van der Waals surface area contributed by atoms with Crippen LogP contribution in [0.25, 0.3) is 0 Å². The molecule has 0 saturated carbocycles. The van der Waals surface area contributed by atoms with Gasteiger partial charge in [-0.15, -0.1) is 0 Å². The van der Waals surface area contributed by atoms with E-state index in [1.54, 1.807) is 0 Å². The van der Waals surface area contributed by atoms with Crippen molar-refractivity contribution >= 4 is 15.9 Å². The summed E-state index contributed by atoms with van der Waals surface area (Å²) in [6, 6.07) is 9.11. The van der Waals surface area contributed by atoms with E-state index in [2.05, 4.69) is 54.0 Å². The molecule has 1 aliphatic heterocycles. The molecule has 1 atom stereocenters. The number of hydrogen-bond acceptors (Lipinski definition) is 1. The molecule has 1 aromatic rings. The Kier molecular flexibility index (Phi) is 4.85. The number of benzene rings is 1. The summed E-state index contributed by atoms with van der Waals surface area (Å²) in [6.07, 6.45) is 3.58. The zero-order valence-corrected chi connectivity index (χ0v) is 13.0. The molecule has 0 aromatic heterocycles. The number of hydrogen-bond donors (Lipinski definition) is 0. The molecule has 100 valence electrons. The van der Waals surface area contributed by atoms with Gasteiger partial charge in [-0.05, 0) is 36.3 Å². The summed E-state index contributed by atoms with van der Waals surface area (Å²) < 4.78 is 5.68. The summed E-state index contributed by atoms with van der Waals surface area (Å²) in [4.78, 5) is 0. The summed E-state index contributed by atoms with van der Waals surface area (Å²) in [7, 11) is 0. The van der Waals surface area contributed by atoms with Crippen LogP contribution in [0.4, 0.5) is 0 Å². The van der Waals surface area contributed by atoms with E-state index in [0.717, 1.165) is 25.0 Å². The Hall–Kier alpha value is -0.340. The maximum Gasteiger partial charge on any atom is 0.0533 e. The molecule has 18 heavy (non-hydrogen) atoms. The summed E-state index contributed by atoms with van der Waals surface area (Å²) >= 11 is 3.68. The van der Waals surface area contributed by atoms with Crippen LogP contribution in [0, 0.1) is 5.41 Å². The van der Waals surface area contributed by atoms with Crippen LogP contribution in [-0.2, 0) is 11.2 Å². The Morgan fingerprint density at radius 1 is 1.28 bits per heavy atom. The van der Waals surface area contributed by atoms with Gasteiger partial charge in [0.1, 0.15) is 0 Å². The molecule has 1 heterocycles. The molecule has 0 amide bonds. The largest absolute Gasteiger partial charge is 0.381 e. The second-order valence-electron chi connectivity index (χ2n) is 5.86. The lowest BCUT2D eigenvalue weighted by Gasteiger charge is -2.35. The molecule has 1 nitrogen and oxygen atoms in total. The van der Waals surface area contributed by atoms with Crippen LogP contribution in [-0.4, -0.2) is 18.5 Å². The summed E-state index contributed by atoms with van der Waals surface area (Å²) in [5.41, 5.74) is 3.16. The van der Waals surface area contributed by atoms with Gasteiger partial charge >= 0.3 is 0 Å². The van der Waals surface area contributed by atoms with E-state index in [1.165, 1.54) is 24.0 Å². The van der Waals surface area contributed by atoms with Crippen LogP contribution in [0.2, 0.25) is 0 Å². The lowest BCUT2D eigenvalue weighted by molar-refractivity contribution is 0.00615. The Morgan fingerprint density at radius 3 is 2.50 bits per heavy atom. The maximum atomic E-state index is 5.68. The molecule has 2 rings (SSSR count). The van der Waals surface area contributed by atoms with Crippen molar-refractivity contribution in [2.75, 3.05) is 18.5 Å². The summed E-state index contributed by atoms with van der Waals surface area (Å²) in [6.45, 7) is 6.30. The molecular weight excluding hydrogens is 288 g/mol. The minimum atomic E-state index is 0.303. The second kappa shape index (κ2) is 6.21. The number of alkyl halides is 1. The highest BCUT2D eigenvalue weighted by Crippen LogP contribution is 2.34. The lowest BCUT2D eigenvalue weighted by atomic mass is 9.79. The van der Waals surface area contributed by atoms with Crippen molar-refractivity contribution in [3.8, 4) is 0 Å². The second-order valence-corrected chi connectivity index (χ2v) is 6.42. The minimum absolute atomic E-state index is 0.303. The number of rotatable bonds is 4. The van der Waals surface area contributed by atoms with Crippen LogP contribution in [0.5, 0.6) is 0 Å². The van der Waals surface area contributed by atoms with E-state index in [4.69, 9.17) is 4.74 Å². The molecule has 2 heteroatoms. The highest BCUT2D eigenvalue weighted by Gasteiger charge is 2.31. The predicted molar refractivity (Wildman–Crippen MR) is 80.5 cm³/mol. The van der Waals surface area contributed by atoms with Gasteiger partial charge < -0.3 is 4.74 Å². The molecule has 1 unspecified atom stereocenters. The summed E-state index contributed by atoms with van der Waals surface area (Å²) in [5, 5.41) is 1.03. The SMILES string of the molecule is CC(C)c1ccc(CC2(CBr)CCCOC2)cc1. The first kappa shape index (κ1) is 14.1. The van der Waals surface area contributed by atoms with Gasteiger partial charge in [0.2, 0.25) is 0 Å². The molecule has 1 aliphatic rings. The van der Waals surface area contributed by atoms with E-state index >= 15 is 0 Å². The van der Waals surface area contributed by atoms with Crippen LogP contribution in [0.3, 0.4) is 0 Å². The zero-order chi connectivity index (χ0) is 13.0. The fourth-order valence-corrected chi connectivity index (χ4v) is 3.30. The third kappa shape index (κ3) is 3.36. The van der Waals surface area contributed by atoms with E-state index in [9.17, 15) is 0 Å². The molecule has 1 saturated heterocycles. The van der Waals surface area contributed by atoms with E-state index < -0.39 is 0 Å². The first-order chi connectivity index (χ1) is 8.65. The standard InChI is InChI=1S/C16H23BrO/c1-13(2)15-6-4-14(5-7-15)10-16(11-17)8-3-9-18-12-16/h4-7,13H,3,8-12H2,1-2H3. The van der Waals surface area contributed by atoms with Crippen molar-refractivity contribution in [3.63, 3.8) is 0 Å². The fraction of sp³-hybridized carbons (Fsp3) is 0.625. The maximum absolute atomic E-state index is 5.68. The van der Waals surface area contributed by atoms with Gasteiger partial charge in [0, 0.05) is 17.4 Å². The lowest BCUT2D eigenvalue weighted by Crippen LogP contribution is -2.35. The first-order valence-electron chi connectivity index (χ1n) is 6.88. The Balaban J connectivity index is 2.07. The summed E-state index contributed by atoms with van der Waals surface area (Å²) in [5.74, 6) is 0.613. The van der Waals surface area contributed by atoms with Crippen molar-refractivity contribution in [2.24, 2.45) is 5.41 Å². The molecule has 1 aromatic carbocycles. The van der Waals surface area contributed by atoms with Gasteiger partial charge in [-0.3, -0.25) is 0 Å². The fourth-order valence-electron chi connectivity index (χ4n) is 2.66. The Labute approximate surface area is 119 Å². The van der Waals surface area contributed by atoms with Gasteiger partial charge in [-0.25, -0.2) is 0 Å². The minimum Gasteiger partial charge on any atom is -0.381 e. The van der Waals surface area contributed by atoms with Crippen molar-refractivity contribution < 1.29 is 4.74 Å². The highest BCUT2D eigenvalue weighted by atomic mass is 79.9. The molecule has 0 spiro atoms. The van der Waals surface area contributed by atoms with E-state index in [0.29, 0.717) is 11.3 Å². The van der Waals surface area contributed by atoms with Gasteiger partial charge in [0.05, 0.1) is 6.61 Å². The highest BCUT2D eigenvalue weighted by molar-refractivity contribution is 9.09. The number of halogens is 1. The monoisotopic (exact) mass is 310 g/mol. The normalized spacial score (nSPS) is 24.4. The molecule has 0 N–H and O–H groups in total. The average molecular weight is 311 g/mol.